The fraction of sp³-hybridized carbons (Fsp3) is 0.714. The van der Waals surface area contributed by atoms with E-state index in [1.165, 1.54) is 39.0 Å². The summed E-state index contributed by atoms with van der Waals surface area (Å²) >= 11 is 0. The van der Waals surface area contributed by atoms with Gasteiger partial charge in [0.2, 0.25) is 0 Å². The number of carbonyl (C=O) groups excluding carboxylic acids is 4. The largest absolute Gasteiger partial charge is 0.459 e. The van der Waals surface area contributed by atoms with Crippen molar-refractivity contribution in [2.24, 2.45) is 11.3 Å². The lowest BCUT2D eigenvalue weighted by atomic mass is 9.55. The van der Waals surface area contributed by atoms with Crippen LogP contribution < -0.4 is 0 Å². The molecule has 4 rings (SSSR count). The van der Waals surface area contributed by atoms with Crippen molar-refractivity contribution in [3.05, 3.63) is 23.8 Å². The molecule has 2 aliphatic heterocycles. The Labute approximate surface area is 232 Å². The topological polar surface area (TPSA) is 178 Å². The molecule has 12 heteroatoms. The lowest BCUT2D eigenvalue weighted by Gasteiger charge is -2.55. The molecule has 0 radical (unpaired) electrons. The molecule has 0 aromatic heterocycles. The highest BCUT2D eigenvalue weighted by Crippen LogP contribution is 2.65. The highest BCUT2D eigenvalue weighted by molar-refractivity contribution is 5.89. The van der Waals surface area contributed by atoms with Crippen molar-refractivity contribution in [3.8, 4) is 0 Å². The summed E-state index contributed by atoms with van der Waals surface area (Å²) in [6.07, 6.45) is -3.90. The van der Waals surface area contributed by atoms with Crippen LogP contribution in [0.25, 0.3) is 0 Å². The Morgan fingerprint density at radius 3 is 2.23 bits per heavy atom. The minimum Gasteiger partial charge on any atom is -0.459 e. The molecule has 0 bridgehead atoms. The minimum absolute atomic E-state index is 0.0588. The van der Waals surface area contributed by atoms with Crippen LogP contribution in [-0.4, -0.2) is 92.6 Å². The maximum atomic E-state index is 13.1. The van der Waals surface area contributed by atoms with Crippen molar-refractivity contribution in [2.45, 2.75) is 115 Å². The smallest absolute Gasteiger partial charge is 0.342 e. The molecule has 1 unspecified atom stereocenters. The third-order valence-corrected chi connectivity index (χ3v) is 8.79. The van der Waals surface area contributed by atoms with Gasteiger partial charge in [-0.15, -0.1) is 0 Å². The first-order chi connectivity index (χ1) is 18.5. The van der Waals surface area contributed by atoms with Crippen LogP contribution >= 0.6 is 0 Å². The summed E-state index contributed by atoms with van der Waals surface area (Å²) < 4.78 is 28.6. The Hall–Kier alpha value is -2.80. The molecule has 2 heterocycles. The van der Waals surface area contributed by atoms with Crippen LogP contribution in [0.4, 0.5) is 0 Å². The molecule has 222 valence electrons. The second kappa shape index (κ2) is 9.93. The molecule has 2 aliphatic carbocycles. The maximum Gasteiger partial charge on any atom is 0.342 e. The molecule has 0 aromatic rings. The summed E-state index contributed by atoms with van der Waals surface area (Å²) in [6.45, 7) is 9.97. The molecule has 12 nitrogen and oxygen atoms in total. The highest BCUT2D eigenvalue weighted by Gasteiger charge is 2.87. The standard InChI is InChI=1S/C28H38O12/c1-8-9-18(31)39-20-13(2)12-17-28(27(7,40-28)24(34)38-17)23(37-15(4)30)21-25(5,22(33)19(20)32)11-10-16(26(21,6)35)36-14(3)29/h10-12,16-17,19-23,32-33,35H,8-9H2,1-7H3/b13-12-/t16-,17+,19-,20+,21-,22+,23-,25+,26-,27?,28+/m1/s1. The van der Waals surface area contributed by atoms with Crippen molar-refractivity contribution in [1.29, 1.82) is 0 Å². The Bertz CT molecular complexity index is 1160. The van der Waals surface area contributed by atoms with Crippen molar-refractivity contribution in [2.75, 3.05) is 0 Å². The van der Waals surface area contributed by atoms with E-state index in [0.717, 1.165) is 13.8 Å². The van der Waals surface area contributed by atoms with Crippen LogP contribution in [0.2, 0.25) is 0 Å². The van der Waals surface area contributed by atoms with Gasteiger partial charge in [0.15, 0.2) is 23.4 Å². The van der Waals surface area contributed by atoms with Gasteiger partial charge in [-0.1, -0.05) is 19.9 Å². The molecule has 0 aromatic carbocycles. The normalized spacial score (nSPS) is 46.9. The lowest BCUT2D eigenvalue weighted by Crippen LogP contribution is -2.68. The van der Waals surface area contributed by atoms with Crippen molar-refractivity contribution >= 4 is 23.9 Å². The van der Waals surface area contributed by atoms with E-state index in [1.807, 2.05) is 0 Å². The van der Waals surface area contributed by atoms with Crippen LogP contribution in [0.15, 0.2) is 23.8 Å². The first-order valence-corrected chi connectivity index (χ1v) is 13.4. The monoisotopic (exact) mass is 566 g/mol. The van der Waals surface area contributed by atoms with Gasteiger partial charge < -0.3 is 39.0 Å². The predicted octanol–water partition coefficient (Wildman–Crippen LogP) is 0.640. The van der Waals surface area contributed by atoms with Crippen LogP contribution in [-0.2, 0) is 42.9 Å². The summed E-state index contributed by atoms with van der Waals surface area (Å²) in [7, 11) is 0. The van der Waals surface area contributed by atoms with Crippen LogP contribution in [0.1, 0.15) is 61.3 Å². The zero-order valence-corrected chi connectivity index (χ0v) is 23.7. The second-order valence-electron chi connectivity index (χ2n) is 11.7. The van der Waals surface area contributed by atoms with Gasteiger partial charge in [0.1, 0.15) is 23.9 Å². The number of hydrogen-bond donors (Lipinski definition) is 3. The van der Waals surface area contributed by atoms with E-state index in [4.69, 9.17) is 23.7 Å². The van der Waals surface area contributed by atoms with E-state index in [1.54, 1.807) is 13.8 Å². The predicted molar refractivity (Wildman–Crippen MR) is 135 cm³/mol. The number of ether oxygens (including phenoxy) is 5. The number of fused-ring (bicyclic) bond motifs is 1. The van der Waals surface area contributed by atoms with Gasteiger partial charge in [-0.3, -0.25) is 14.4 Å². The summed E-state index contributed by atoms with van der Waals surface area (Å²) in [5.74, 6) is -4.18. The fourth-order valence-electron chi connectivity index (χ4n) is 6.75. The summed E-state index contributed by atoms with van der Waals surface area (Å²) in [6, 6.07) is 0. The summed E-state index contributed by atoms with van der Waals surface area (Å²) in [5.41, 5.74) is -6.66. The molecule has 0 saturated carbocycles. The van der Waals surface area contributed by atoms with Gasteiger partial charge in [-0.05, 0) is 44.9 Å². The number of esters is 4. The van der Waals surface area contributed by atoms with E-state index < -0.39 is 88.6 Å². The number of aliphatic hydroxyl groups is 3. The summed E-state index contributed by atoms with van der Waals surface area (Å²) in [4.78, 5) is 50.1. The third kappa shape index (κ3) is 4.36. The van der Waals surface area contributed by atoms with E-state index in [-0.39, 0.29) is 12.0 Å². The number of carbonyl (C=O) groups is 4. The van der Waals surface area contributed by atoms with Crippen LogP contribution in [0.3, 0.4) is 0 Å². The van der Waals surface area contributed by atoms with Crippen LogP contribution in [0, 0.1) is 11.3 Å². The first-order valence-electron chi connectivity index (χ1n) is 13.4. The summed E-state index contributed by atoms with van der Waals surface area (Å²) in [5, 5.41) is 35.3. The van der Waals surface area contributed by atoms with Gasteiger partial charge in [0.25, 0.3) is 0 Å². The number of rotatable bonds is 5. The quantitative estimate of drug-likeness (QED) is 0.183. The number of epoxide rings is 1. The van der Waals surface area contributed by atoms with Crippen molar-refractivity contribution in [1.82, 2.24) is 0 Å². The van der Waals surface area contributed by atoms with Crippen LogP contribution in [0.5, 0.6) is 0 Å². The fourth-order valence-corrected chi connectivity index (χ4v) is 6.75. The van der Waals surface area contributed by atoms with Gasteiger partial charge in [-0.25, -0.2) is 4.79 Å². The van der Waals surface area contributed by atoms with E-state index in [9.17, 15) is 34.5 Å². The Balaban J connectivity index is 1.99. The van der Waals surface area contributed by atoms with Crippen molar-refractivity contribution < 1.29 is 58.2 Å². The molecule has 1 spiro atoms. The minimum atomic E-state index is -2.04. The van der Waals surface area contributed by atoms with Gasteiger partial charge in [0, 0.05) is 31.6 Å². The lowest BCUT2D eigenvalue weighted by molar-refractivity contribution is -0.225. The zero-order valence-electron chi connectivity index (χ0n) is 23.7. The third-order valence-electron chi connectivity index (χ3n) is 8.79. The van der Waals surface area contributed by atoms with Gasteiger partial charge in [0.05, 0.1) is 6.10 Å². The number of aliphatic hydroxyl groups excluding tert-OH is 2. The highest BCUT2D eigenvalue weighted by atomic mass is 16.7. The van der Waals surface area contributed by atoms with Crippen molar-refractivity contribution in [3.63, 3.8) is 0 Å². The average Bonchev–Trinajstić information content (AvgIpc) is 3.43. The molecule has 2 saturated heterocycles. The Morgan fingerprint density at radius 1 is 1.05 bits per heavy atom. The number of hydrogen-bond acceptors (Lipinski definition) is 12. The second-order valence-corrected chi connectivity index (χ2v) is 11.7. The molecule has 3 N–H and O–H groups in total. The SMILES string of the molecule is CCCC(=O)O[C@H]1/C(C)=C\[C@@H]2OC(=O)C3(C)O[C@]23[C@H](OC(C)=O)[C@H]2[C@](C)(O)[C@H](OC(C)=O)C=C[C@]2(C)[C@@H](O)[C@@H]1O. The molecular weight excluding hydrogens is 528 g/mol. The molecule has 0 amide bonds. The Morgan fingerprint density at radius 2 is 1.68 bits per heavy atom. The van der Waals surface area contributed by atoms with Gasteiger partial charge in [-0.2, -0.15) is 0 Å². The molecule has 11 atom stereocenters. The Kier molecular flexibility index (Phi) is 7.49. The molecule has 40 heavy (non-hydrogen) atoms. The molecule has 4 aliphatic rings. The van der Waals surface area contributed by atoms with Gasteiger partial charge >= 0.3 is 23.9 Å². The maximum absolute atomic E-state index is 13.1. The van der Waals surface area contributed by atoms with E-state index in [0.29, 0.717) is 6.42 Å². The average molecular weight is 567 g/mol. The first kappa shape index (κ1) is 30.2. The van der Waals surface area contributed by atoms with E-state index >= 15 is 0 Å². The molecular formula is C28H38O12. The zero-order chi connectivity index (χ0) is 30.0. The van der Waals surface area contributed by atoms with E-state index in [2.05, 4.69) is 0 Å². The molecule has 2 fully saturated rings.